The van der Waals surface area contributed by atoms with E-state index in [1.165, 1.54) is 20.5 Å². The number of carbonyl (C=O) groups is 1. The van der Waals surface area contributed by atoms with Crippen LogP contribution in [0.1, 0.15) is 29.1 Å². The molecule has 1 heterocycles. The number of methoxy groups -OCH3 is 2. The molecule has 0 aliphatic carbocycles. The number of amides is 1. The van der Waals surface area contributed by atoms with E-state index in [-0.39, 0.29) is 11.9 Å². The molecule has 1 N–H and O–H groups in total. The van der Waals surface area contributed by atoms with Crippen molar-refractivity contribution in [2.24, 2.45) is 7.05 Å². The number of aromatic nitrogens is 3. The SMILES string of the molecule is COc1cccc(C(=O)N[C@@H](C)c2ncnn2C)c1OC. The van der Waals surface area contributed by atoms with Crippen molar-refractivity contribution in [2.45, 2.75) is 13.0 Å². The van der Waals surface area contributed by atoms with Gasteiger partial charge in [0.25, 0.3) is 5.91 Å². The molecule has 2 aromatic rings. The summed E-state index contributed by atoms with van der Waals surface area (Å²) < 4.78 is 12.1. The van der Waals surface area contributed by atoms with Crippen LogP contribution in [0.25, 0.3) is 0 Å². The molecule has 7 heteroatoms. The fraction of sp³-hybridized carbons (Fsp3) is 0.357. The van der Waals surface area contributed by atoms with E-state index < -0.39 is 0 Å². The first kappa shape index (κ1) is 14.8. The van der Waals surface area contributed by atoms with Gasteiger partial charge in [0.2, 0.25) is 0 Å². The molecule has 0 radical (unpaired) electrons. The first-order valence-corrected chi connectivity index (χ1v) is 6.44. The van der Waals surface area contributed by atoms with Crippen LogP contribution < -0.4 is 14.8 Å². The molecule has 1 amide bonds. The summed E-state index contributed by atoms with van der Waals surface area (Å²) in [6.07, 6.45) is 1.45. The van der Waals surface area contributed by atoms with Crippen LogP contribution >= 0.6 is 0 Å². The third-order valence-corrected chi connectivity index (χ3v) is 3.13. The molecule has 0 bridgehead atoms. The minimum Gasteiger partial charge on any atom is -0.493 e. The van der Waals surface area contributed by atoms with Gasteiger partial charge >= 0.3 is 0 Å². The van der Waals surface area contributed by atoms with Crippen LogP contribution in [-0.4, -0.2) is 34.9 Å². The van der Waals surface area contributed by atoms with Gasteiger partial charge in [-0.25, -0.2) is 4.98 Å². The molecule has 21 heavy (non-hydrogen) atoms. The second kappa shape index (κ2) is 6.25. The average Bonchev–Trinajstić information content (AvgIpc) is 2.92. The summed E-state index contributed by atoms with van der Waals surface area (Å²) in [5, 5.41) is 6.86. The zero-order valence-corrected chi connectivity index (χ0v) is 12.5. The van der Waals surface area contributed by atoms with Crippen molar-refractivity contribution in [1.82, 2.24) is 20.1 Å². The van der Waals surface area contributed by atoms with E-state index in [0.29, 0.717) is 22.9 Å². The molecule has 0 aliphatic rings. The number of rotatable bonds is 5. The first-order chi connectivity index (χ1) is 10.1. The summed E-state index contributed by atoms with van der Waals surface area (Å²) in [7, 11) is 4.81. The van der Waals surface area contributed by atoms with Crippen LogP contribution in [0.2, 0.25) is 0 Å². The van der Waals surface area contributed by atoms with Gasteiger partial charge in [-0.05, 0) is 19.1 Å². The number of para-hydroxylation sites is 1. The maximum absolute atomic E-state index is 12.4. The van der Waals surface area contributed by atoms with Crippen LogP contribution in [-0.2, 0) is 7.05 Å². The molecular formula is C14H18N4O3. The zero-order chi connectivity index (χ0) is 15.4. The van der Waals surface area contributed by atoms with Gasteiger partial charge in [-0.1, -0.05) is 6.07 Å². The highest BCUT2D eigenvalue weighted by atomic mass is 16.5. The molecule has 0 saturated heterocycles. The van der Waals surface area contributed by atoms with Gasteiger partial charge in [0.15, 0.2) is 11.5 Å². The fourth-order valence-corrected chi connectivity index (χ4v) is 2.10. The molecule has 1 aromatic heterocycles. The maximum atomic E-state index is 12.4. The summed E-state index contributed by atoms with van der Waals surface area (Å²) in [4.78, 5) is 16.5. The minimum atomic E-state index is -0.277. The van der Waals surface area contributed by atoms with E-state index in [0.717, 1.165) is 0 Å². The zero-order valence-electron chi connectivity index (χ0n) is 12.5. The van der Waals surface area contributed by atoms with Gasteiger partial charge in [0, 0.05) is 7.05 Å². The van der Waals surface area contributed by atoms with Crippen LogP contribution in [0.4, 0.5) is 0 Å². The lowest BCUT2D eigenvalue weighted by Crippen LogP contribution is -2.29. The molecule has 0 aliphatic heterocycles. The second-order valence-electron chi connectivity index (χ2n) is 4.48. The highest BCUT2D eigenvalue weighted by molar-refractivity contribution is 5.98. The molecule has 7 nitrogen and oxygen atoms in total. The smallest absolute Gasteiger partial charge is 0.255 e. The monoisotopic (exact) mass is 290 g/mol. The number of benzene rings is 1. The average molecular weight is 290 g/mol. The summed E-state index contributed by atoms with van der Waals surface area (Å²) in [6, 6.07) is 4.88. The number of nitrogens with zero attached hydrogens (tertiary/aromatic N) is 3. The van der Waals surface area contributed by atoms with E-state index in [9.17, 15) is 4.79 Å². The lowest BCUT2D eigenvalue weighted by Gasteiger charge is -2.16. The third-order valence-electron chi connectivity index (χ3n) is 3.13. The highest BCUT2D eigenvalue weighted by Gasteiger charge is 2.20. The Kier molecular flexibility index (Phi) is 4.42. The molecule has 1 aromatic carbocycles. The normalized spacial score (nSPS) is 11.8. The van der Waals surface area contributed by atoms with Crippen molar-refractivity contribution < 1.29 is 14.3 Å². The lowest BCUT2D eigenvalue weighted by molar-refractivity contribution is 0.0934. The fourth-order valence-electron chi connectivity index (χ4n) is 2.10. The van der Waals surface area contributed by atoms with E-state index in [1.807, 2.05) is 6.92 Å². The Hall–Kier alpha value is -2.57. The third kappa shape index (κ3) is 2.96. The Morgan fingerprint density at radius 2 is 2.10 bits per heavy atom. The minimum absolute atomic E-state index is 0.263. The Bertz CT molecular complexity index is 639. The van der Waals surface area contributed by atoms with Gasteiger partial charge in [-0.3, -0.25) is 9.48 Å². The molecule has 2 rings (SSSR count). The molecule has 112 valence electrons. The number of nitrogens with one attached hydrogen (secondary N) is 1. The number of hydrogen-bond acceptors (Lipinski definition) is 5. The van der Waals surface area contributed by atoms with E-state index in [2.05, 4.69) is 15.4 Å². The summed E-state index contributed by atoms with van der Waals surface area (Å²) >= 11 is 0. The standard InChI is InChI=1S/C14H18N4O3/c1-9(13-15-8-16-18(13)2)17-14(19)10-6-5-7-11(20-3)12(10)21-4/h5-9H,1-4H3,(H,17,19)/t9-/m0/s1. The van der Waals surface area contributed by atoms with Crippen molar-refractivity contribution in [1.29, 1.82) is 0 Å². The topological polar surface area (TPSA) is 78.3 Å². The molecular weight excluding hydrogens is 272 g/mol. The number of aryl methyl sites for hydroxylation is 1. The van der Waals surface area contributed by atoms with Crippen molar-refractivity contribution in [3.05, 3.63) is 35.9 Å². The van der Waals surface area contributed by atoms with E-state index >= 15 is 0 Å². The van der Waals surface area contributed by atoms with Gasteiger partial charge in [0.1, 0.15) is 12.2 Å². The van der Waals surface area contributed by atoms with Crippen LogP contribution in [0, 0.1) is 0 Å². The van der Waals surface area contributed by atoms with E-state index in [1.54, 1.807) is 29.9 Å². The Balaban J connectivity index is 2.23. The van der Waals surface area contributed by atoms with Crippen LogP contribution in [0.5, 0.6) is 11.5 Å². The first-order valence-electron chi connectivity index (χ1n) is 6.44. The summed E-state index contributed by atoms with van der Waals surface area (Å²) in [5.74, 6) is 1.32. The summed E-state index contributed by atoms with van der Waals surface area (Å²) in [6.45, 7) is 1.84. The summed E-state index contributed by atoms with van der Waals surface area (Å²) in [5.41, 5.74) is 0.408. The van der Waals surface area contributed by atoms with Crippen molar-refractivity contribution in [3.63, 3.8) is 0 Å². The Morgan fingerprint density at radius 1 is 1.33 bits per heavy atom. The molecule has 0 unspecified atom stereocenters. The largest absolute Gasteiger partial charge is 0.493 e. The lowest BCUT2D eigenvalue weighted by atomic mass is 10.1. The second-order valence-corrected chi connectivity index (χ2v) is 4.48. The van der Waals surface area contributed by atoms with Gasteiger partial charge in [-0.2, -0.15) is 5.10 Å². The van der Waals surface area contributed by atoms with Crippen molar-refractivity contribution >= 4 is 5.91 Å². The number of ether oxygens (including phenoxy) is 2. The highest BCUT2D eigenvalue weighted by Crippen LogP contribution is 2.30. The number of hydrogen-bond donors (Lipinski definition) is 1. The number of carbonyl (C=O) groups excluding carboxylic acids is 1. The molecule has 1 atom stereocenters. The maximum Gasteiger partial charge on any atom is 0.255 e. The van der Waals surface area contributed by atoms with Gasteiger partial charge < -0.3 is 14.8 Å². The quantitative estimate of drug-likeness (QED) is 0.898. The van der Waals surface area contributed by atoms with E-state index in [4.69, 9.17) is 9.47 Å². The molecule has 0 spiro atoms. The van der Waals surface area contributed by atoms with Gasteiger partial charge in [-0.15, -0.1) is 0 Å². The molecule has 0 saturated carbocycles. The molecule has 0 fully saturated rings. The predicted molar refractivity (Wildman–Crippen MR) is 76.4 cm³/mol. The van der Waals surface area contributed by atoms with Crippen molar-refractivity contribution in [2.75, 3.05) is 14.2 Å². The van der Waals surface area contributed by atoms with Crippen LogP contribution in [0.3, 0.4) is 0 Å². The van der Waals surface area contributed by atoms with Crippen molar-refractivity contribution in [3.8, 4) is 11.5 Å². The Morgan fingerprint density at radius 3 is 2.67 bits per heavy atom. The Labute approximate surface area is 122 Å². The van der Waals surface area contributed by atoms with Crippen LogP contribution in [0.15, 0.2) is 24.5 Å². The predicted octanol–water partition coefficient (Wildman–Crippen LogP) is 1.32. The van der Waals surface area contributed by atoms with Gasteiger partial charge in [0.05, 0.1) is 25.8 Å².